The molecular formula is C22H26ClN3O2S. The summed E-state index contributed by atoms with van der Waals surface area (Å²) >= 11 is 6.27. The summed E-state index contributed by atoms with van der Waals surface area (Å²) in [6.45, 7) is 11.7. The zero-order valence-corrected chi connectivity index (χ0v) is 19.2. The van der Waals surface area contributed by atoms with Gasteiger partial charge in [-0.15, -0.1) is 0 Å². The molecule has 5 nitrogen and oxygen atoms in total. The number of sulfonamides is 1. The highest BCUT2D eigenvalue weighted by atomic mass is 35.5. The van der Waals surface area contributed by atoms with Gasteiger partial charge in [-0.2, -0.15) is 5.10 Å². The zero-order chi connectivity index (χ0) is 21.5. The van der Waals surface area contributed by atoms with Crippen LogP contribution in [0.3, 0.4) is 0 Å². The number of benzene rings is 2. The molecule has 2 aromatic carbocycles. The van der Waals surface area contributed by atoms with Gasteiger partial charge in [0.05, 0.1) is 28.5 Å². The van der Waals surface area contributed by atoms with Crippen LogP contribution in [-0.4, -0.2) is 18.2 Å². The number of anilines is 1. The molecule has 1 aromatic heterocycles. The minimum Gasteiger partial charge on any atom is -0.276 e. The van der Waals surface area contributed by atoms with Crippen molar-refractivity contribution < 1.29 is 8.42 Å². The van der Waals surface area contributed by atoms with Crippen LogP contribution in [0.1, 0.15) is 39.2 Å². The molecule has 0 saturated heterocycles. The molecular weight excluding hydrogens is 406 g/mol. The summed E-state index contributed by atoms with van der Waals surface area (Å²) in [5.41, 5.74) is 6.24. The number of nitrogens with zero attached hydrogens (tertiary/aromatic N) is 2. The Morgan fingerprint density at radius 2 is 1.59 bits per heavy atom. The largest absolute Gasteiger partial charge is 0.276 e. The van der Waals surface area contributed by atoms with E-state index < -0.39 is 10.0 Å². The minimum absolute atomic E-state index is 0.340. The number of rotatable bonds is 5. The summed E-state index contributed by atoms with van der Waals surface area (Å²) < 4.78 is 31.2. The van der Waals surface area contributed by atoms with Crippen LogP contribution in [0.15, 0.2) is 35.2 Å². The SMILES string of the molecule is Cc1cc(C)c(C)c(S(=O)(=O)Nc2c(C)nn(Cc3ccccc3Cl)c2C)c1C. The summed E-state index contributed by atoms with van der Waals surface area (Å²) in [7, 11) is -3.76. The highest BCUT2D eigenvalue weighted by Crippen LogP contribution is 2.30. The molecule has 0 radical (unpaired) electrons. The molecule has 0 spiro atoms. The molecule has 0 amide bonds. The number of aromatic nitrogens is 2. The van der Waals surface area contributed by atoms with Gasteiger partial charge in [0.25, 0.3) is 10.0 Å². The Hall–Kier alpha value is -2.31. The molecule has 0 bridgehead atoms. The lowest BCUT2D eigenvalue weighted by Crippen LogP contribution is -2.18. The van der Waals surface area contributed by atoms with Crippen LogP contribution in [0.4, 0.5) is 5.69 Å². The van der Waals surface area contributed by atoms with Crippen molar-refractivity contribution in [1.29, 1.82) is 0 Å². The molecule has 1 N–H and O–H groups in total. The second kappa shape index (κ2) is 7.84. The van der Waals surface area contributed by atoms with Gasteiger partial charge in [-0.25, -0.2) is 8.42 Å². The van der Waals surface area contributed by atoms with Gasteiger partial charge < -0.3 is 0 Å². The lowest BCUT2D eigenvalue weighted by Gasteiger charge is -2.17. The second-order valence-corrected chi connectivity index (χ2v) is 9.52. The van der Waals surface area contributed by atoms with E-state index in [4.69, 9.17) is 11.6 Å². The van der Waals surface area contributed by atoms with Gasteiger partial charge in [-0.05, 0) is 75.4 Å². The Balaban J connectivity index is 2.02. The summed E-state index contributed by atoms with van der Waals surface area (Å²) in [4.78, 5) is 0.340. The van der Waals surface area contributed by atoms with Crippen LogP contribution >= 0.6 is 11.6 Å². The van der Waals surface area contributed by atoms with Crippen LogP contribution < -0.4 is 4.72 Å². The number of nitrogens with one attached hydrogen (secondary N) is 1. The van der Waals surface area contributed by atoms with Crippen LogP contribution in [0, 0.1) is 41.5 Å². The van der Waals surface area contributed by atoms with Crippen molar-refractivity contribution >= 4 is 27.3 Å². The van der Waals surface area contributed by atoms with E-state index >= 15 is 0 Å². The molecule has 0 atom stereocenters. The van der Waals surface area contributed by atoms with Crippen molar-refractivity contribution in [3.05, 3.63) is 74.6 Å². The monoisotopic (exact) mass is 431 g/mol. The summed E-state index contributed by atoms with van der Waals surface area (Å²) in [5, 5.41) is 5.19. The fourth-order valence-corrected chi connectivity index (χ4v) is 5.55. The molecule has 154 valence electrons. The third kappa shape index (κ3) is 4.05. The standard InChI is InChI=1S/C22H26ClN3O2S/c1-13-11-14(2)16(4)22(15(13)3)29(27,28)25-21-17(5)24-26(18(21)6)12-19-9-7-8-10-20(19)23/h7-11,25H,12H2,1-6H3. The van der Waals surface area contributed by atoms with E-state index in [1.165, 1.54) is 0 Å². The highest BCUT2D eigenvalue weighted by Gasteiger charge is 2.25. The van der Waals surface area contributed by atoms with Crippen LogP contribution in [0.25, 0.3) is 0 Å². The molecule has 0 unspecified atom stereocenters. The van der Waals surface area contributed by atoms with E-state index in [9.17, 15) is 8.42 Å². The van der Waals surface area contributed by atoms with Crippen molar-refractivity contribution in [2.45, 2.75) is 53.0 Å². The third-order valence-corrected chi connectivity index (χ3v) is 7.45. The van der Waals surface area contributed by atoms with Gasteiger partial charge in [0.1, 0.15) is 0 Å². The topological polar surface area (TPSA) is 64.0 Å². The third-order valence-electron chi connectivity index (χ3n) is 5.46. The summed E-state index contributed by atoms with van der Waals surface area (Å²) in [6, 6.07) is 9.58. The van der Waals surface area contributed by atoms with Crippen molar-refractivity contribution in [2.24, 2.45) is 0 Å². The van der Waals surface area contributed by atoms with Gasteiger partial charge in [0.15, 0.2) is 0 Å². The smallest absolute Gasteiger partial charge is 0.262 e. The van der Waals surface area contributed by atoms with Crippen molar-refractivity contribution in [3.63, 3.8) is 0 Å². The molecule has 29 heavy (non-hydrogen) atoms. The average Bonchev–Trinajstić information content (AvgIpc) is 2.89. The maximum atomic E-state index is 13.3. The van der Waals surface area contributed by atoms with Gasteiger partial charge in [0, 0.05) is 5.02 Å². The molecule has 0 fully saturated rings. The first-order valence-corrected chi connectivity index (χ1v) is 11.3. The second-order valence-electron chi connectivity index (χ2n) is 7.49. The van der Waals surface area contributed by atoms with Crippen LogP contribution in [0.5, 0.6) is 0 Å². The Kier molecular flexibility index (Phi) is 5.79. The number of hydrogen-bond acceptors (Lipinski definition) is 3. The van der Waals surface area contributed by atoms with E-state index in [-0.39, 0.29) is 0 Å². The predicted molar refractivity (Wildman–Crippen MR) is 118 cm³/mol. The van der Waals surface area contributed by atoms with Gasteiger partial charge in [0.2, 0.25) is 0 Å². The van der Waals surface area contributed by atoms with E-state index in [0.717, 1.165) is 33.5 Å². The summed E-state index contributed by atoms with van der Waals surface area (Å²) in [6.07, 6.45) is 0. The van der Waals surface area contributed by atoms with E-state index in [1.54, 1.807) is 11.6 Å². The first-order chi connectivity index (χ1) is 13.5. The average molecular weight is 432 g/mol. The zero-order valence-electron chi connectivity index (χ0n) is 17.6. The van der Waals surface area contributed by atoms with Crippen LogP contribution in [-0.2, 0) is 16.6 Å². The molecule has 1 heterocycles. The van der Waals surface area contributed by atoms with E-state index in [0.29, 0.717) is 27.8 Å². The van der Waals surface area contributed by atoms with Crippen LogP contribution in [0.2, 0.25) is 5.02 Å². The fraction of sp³-hybridized carbons (Fsp3) is 0.318. The number of hydrogen-bond donors (Lipinski definition) is 1. The highest BCUT2D eigenvalue weighted by molar-refractivity contribution is 7.92. The minimum atomic E-state index is -3.76. The Morgan fingerprint density at radius 3 is 2.17 bits per heavy atom. The Labute approximate surface area is 177 Å². The molecule has 3 rings (SSSR count). The molecule has 0 aliphatic carbocycles. The van der Waals surface area contributed by atoms with E-state index in [1.807, 2.05) is 65.0 Å². The van der Waals surface area contributed by atoms with Gasteiger partial charge in [-0.3, -0.25) is 9.40 Å². The number of aryl methyl sites for hydroxylation is 3. The van der Waals surface area contributed by atoms with Gasteiger partial charge >= 0.3 is 0 Å². The lowest BCUT2D eigenvalue weighted by molar-refractivity contribution is 0.599. The molecule has 7 heteroatoms. The Bertz CT molecular complexity index is 1170. The first-order valence-electron chi connectivity index (χ1n) is 9.40. The molecule has 0 aliphatic heterocycles. The fourth-order valence-electron chi connectivity index (χ4n) is 3.56. The quantitative estimate of drug-likeness (QED) is 0.601. The molecule has 0 aliphatic rings. The Morgan fingerprint density at radius 1 is 1.00 bits per heavy atom. The summed E-state index contributed by atoms with van der Waals surface area (Å²) in [5.74, 6) is 0. The predicted octanol–water partition coefficient (Wildman–Crippen LogP) is 5.24. The molecule has 0 saturated carbocycles. The van der Waals surface area contributed by atoms with Crippen molar-refractivity contribution in [1.82, 2.24) is 9.78 Å². The lowest BCUT2D eigenvalue weighted by atomic mass is 10.0. The van der Waals surface area contributed by atoms with E-state index in [2.05, 4.69) is 9.82 Å². The number of halogens is 1. The first kappa shape index (κ1) is 21.4. The molecule has 3 aromatic rings. The van der Waals surface area contributed by atoms with Gasteiger partial charge in [-0.1, -0.05) is 35.9 Å². The van der Waals surface area contributed by atoms with Crippen molar-refractivity contribution in [3.8, 4) is 0 Å². The maximum Gasteiger partial charge on any atom is 0.262 e. The normalized spacial score (nSPS) is 11.7. The van der Waals surface area contributed by atoms with Crippen molar-refractivity contribution in [2.75, 3.05) is 4.72 Å². The maximum absolute atomic E-state index is 13.3.